The number of halogens is 1. The van der Waals surface area contributed by atoms with Crippen LogP contribution < -0.4 is 14.8 Å². The molecular weight excluding hydrogens is 325 g/mol. The fraction of sp³-hybridized carbons (Fsp3) is 0.111. The smallest absolute Gasteiger partial charge is 0.276 e. The van der Waals surface area contributed by atoms with Crippen LogP contribution >= 0.6 is 0 Å². The van der Waals surface area contributed by atoms with Gasteiger partial charge >= 0.3 is 0 Å². The van der Waals surface area contributed by atoms with Crippen molar-refractivity contribution >= 4 is 11.6 Å². The van der Waals surface area contributed by atoms with Crippen molar-refractivity contribution in [3.05, 3.63) is 66.2 Å². The molecule has 0 fully saturated rings. The van der Waals surface area contributed by atoms with Crippen molar-refractivity contribution in [3.63, 3.8) is 0 Å². The maximum atomic E-state index is 13.0. The summed E-state index contributed by atoms with van der Waals surface area (Å²) in [6.45, 7) is 0. The van der Waals surface area contributed by atoms with E-state index in [2.05, 4.69) is 10.4 Å². The van der Waals surface area contributed by atoms with Gasteiger partial charge in [-0.05, 0) is 42.5 Å². The zero-order valence-corrected chi connectivity index (χ0v) is 13.7. The molecule has 1 heterocycles. The lowest BCUT2D eigenvalue weighted by atomic mass is 10.2. The maximum absolute atomic E-state index is 13.0. The van der Waals surface area contributed by atoms with Crippen LogP contribution in [0.1, 0.15) is 10.5 Å². The minimum atomic E-state index is -0.368. The van der Waals surface area contributed by atoms with Crippen molar-refractivity contribution in [1.82, 2.24) is 9.78 Å². The first-order valence-electron chi connectivity index (χ1n) is 7.45. The highest BCUT2D eigenvalue weighted by Gasteiger charge is 2.12. The first kappa shape index (κ1) is 16.5. The second-order valence-corrected chi connectivity index (χ2v) is 5.15. The van der Waals surface area contributed by atoms with E-state index >= 15 is 0 Å². The molecule has 3 rings (SSSR count). The Morgan fingerprint density at radius 3 is 2.44 bits per heavy atom. The number of nitrogens with zero attached hydrogens (tertiary/aromatic N) is 2. The summed E-state index contributed by atoms with van der Waals surface area (Å²) in [6.07, 6.45) is 1.64. The molecule has 0 aliphatic rings. The van der Waals surface area contributed by atoms with E-state index in [-0.39, 0.29) is 17.4 Å². The molecule has 0 aliphatic heterocycles. The maximum Gasteiger partial charge on any atom is 0.276 e. The zero-order valence-electron chi connectivity index (χ0n) is 13.7. The SMILES string of the molecule is COc1ccc(NC(=O)c2ccn(-c3ccc(F)cc3)n2)cc1OC. The lowest BCUT2D eigenvalue weighted by Crippen LogP contribution is -2.13. The zero-order chi connectivity index (χ0) is 17.8. The van der Waals surface area contributed by atoms with Gasteiger partial charge in [0, 0.05) is 18.0 Å². The molecule has 128 valence electrons. The van der Waals surface area contributed by atoms with Crippen LogP contribution in [0.2, 0.25) is 0 Å². The van der Waals surface area contributed by atoms with Crippen LogP contribution in [0.25, 0.3) is 5.69 Å². The molecule has 0 saturated carbocycles. The molecule has 6 nitrogen and oxygen atoms in total. The molecule has 0 spiro atoms. The number of anilines is 1. The number of rotatable bonds is 5. The molecule has 1 N–H and O–H groups in total. The number of hydrogen-bond acceptors (Lipinski definition) is 4. The quantitative estimate of drug-likeness (QED) is 0.773. The summed E-state index contributed by atoms with van der Waals surface area (Å²) in [5.74, 6) is 0.383. The highest BCUT2D eigenvalue weighted by molar-refractivity contribution is 6.03. The molecule has 0 radical (unpaired) electrons. The van der Waals surface area contributed by atoms with E-state index in [1.165, 1.54) is 31.0 Å². The van der Waals surface area contributed by atoms with Gasteiger partial charge in [-0.15, -0.1) is 0 Å². The summed E-state index contributed by atoms with van der Waals surface area (Å²) < 4.78 is 24.9. The standard InChI is InChI=1S/C18H16FN3O3/c1-24-16-8-5-13(11-17(16)25-2)20-18(23)15-9-10-22(21-15)14-6-3-12(19)4-7-14/h3-11H,1-2H3,(H,20,23). The second kappa shape index (κ2) is 7.04. The Kier molecular flexibility index (Phi) is 4.65. The molecule has 1 amide bonds. The Hall–Kier alpha value is -3.35. The third-order valence-electron chi connectivity index (χ3n) is 3.55. The van der Waals surface area contributed by atoms with E-state index in [0.29, 0.717) is 22.9 Å². The molecule has 3 aromatic rings. The topological polar surface area (TPSA) is 65.4 Å². The molecule has 1 aromatic heterocycles. The number of ether oxygens (including phenoxy) is 2. The number of carbonyl (C=O) groups excluding carboxylic acids is 1. The summed E-state index contributed by atoms with van der Waals surface area (Å²) in [4.78, 5) is 12.3. The van der Waals surface area contributed by atoms with Crippen LogP contribution in [0.3, 0.4) is 0 Å². The van der Waals surface area contributed by atoms with E-state index in [1.54, 1.807) is 42.6 Å². The highest BCUT2D eigenvalue weighted by Crippen LogP contribution is 2.29. The van der Waals surface area contributed by atoms with Gasteiger partial charge in [0.2, 0.25) is 0 Å². The van der Waals surface area contributed by atoms with Crippen LogP contribution in [-0.4, -0.2) is 29.9 Å². The van der Waals surface area contributed by atoms with Crippen molar-refractivity contribution in [2.75, 3.05) is 19.5 Å². The lowest BCUT2D eigenvalue weighted by molar-refractivity contribution is 0.102. The summed E-state index contributed by atoms with van der Waals surface area (Å²) in [5.41, 5.74) is 1.45. The third kappa shape index (κ3) is 3.60. The van der Waals surface area contributed by atoms with Gasteiger partial charge < -0.3 is 14.8 Å². The van der Waals surface area contributed by atoms with E-state index in [9.17, 15) is 9.18 Å². The molecule has 0 atom stereocenters. The third-order valence-corrected chi connectivity index (χ3v) is 3.55. The molecule has 0 unspecified atom stereocenters. The highest BCUT2D eigenvalue weighted by atomic mass is 19.1. The summed E-state index contributed by atoms with van der Waals surface area (Å²) in [6, 6.07) is 12.5. The minimum absolute atomic E-state index is 0.235. The van der Waals surface area contributed by atoms with E-state index in [1.807, 2.05) is 0 Å². The first-order chi connectivity index (χ1) is 12.1. The monoisotopic (exact) mass is 341 g/mol. The lowest BCUT2D eigenvalue weighted by Gasteiger charge is -2.10. The van der Waals surface area contributed by atoms with Gasteiger partial charge in [0.15, 0.2) is 17.2 Å². The van der Waals surface area contributed by atoms with Gasteiger partial charge in [-0.2, -0.15) is 5.10 Å². The number of nitrogens with one attached hydrogen (secondary N) is 1. The van der Waals surface area contributed by atoms with Gasteiger partial charge in [-0.25, -0.2) is 9.07 Å². The van der Waals surface area contributed by atoms with E-state index in [4.69, 9.17) is 9.47 Å². The Morgan fingerprint density at radius 2 is 1.76 bits per heavy atom. The van der Waals surface area contributed by atoms with Crippen LogP contribution in [0.4, 0.5) is 10.1 Å². The number of benzene rings is 2. The van der Waals surface area contributed by atoms with Crippen molar-refractivity contribution < 1.29 is 18.7 Å². The Balaban J connectivity index is 1.77. The average Bonchev–Trinajstić information content (AvgIpc) is 3.12. The Morgan fingerprint density at radius 1 is 1.04 bits per heavy atom. The van der Waals surface area contributed by atoms with Gasteiger partial charge in [0.1, 0.15) is 5.82 Å². The summed E-state index contributed by atoms with van der Waals surface area (Å²) >= 11 is 0. The Labute approximate surface area is 143 Å². The molecule has 0 aliphatic carbocycles. The minimum Gasteiger partial charge on any atom is -0.493 e. The van der Waals surface area contributed by atoms with Crippen molar-refractivity contribution in [2.24, 2.45) is 0 Å². The van der Waals surface area contributed by atoms with Crippen LogP contribution in [0, 0.1) is 5.82 Å². The number of methoxy groups -OCH3 is 2. The van der Waals surface area contributed by atoms with Crippen molar-refractivity contribution in [3.8, 4) is 17.2 Å². The fourth-order valence-electron chi connectivity index (χ4n) is 2.29. The van der Waals surface area contributed by atoms with Crippen molar-refractivity contribution in [1.29, 1.82) is 0 Å². The van der Waals surface area contributed by atoms with Gasteiger partial charge in [0.05, 0.1) is 19.9 Å². The van der Waals surface area contributed by atoms with E-state index < -0.39 is 0 Å². The van der Waals surface area contributed by atoms with Crippen LogP contribution in [-0.2, 0) is 0 Å². The normalized spacial score (nSPS) is 10.4. The van der Waals surface area contributed by atoms with Gasteiger partial charge in [-0.1, -0.05) is 0 Å². The predicted molar refractivity (Wildman–Crippen MR) is 91.0 cm³/mol. The first-order valence-corrected chi connectivity index (χ1v) is 7.45. The number of aromatic nitrogens is 2. The molecule has 0 saturated heterocycles. The van der Waals surface area contributed by atoms with Crippen LogP contribution in [0.15, 0.2) is 54.7 Å². The molecule has 7 heteroatoms. The van der Waals surface area contributed by atoms with Crippen molar-refractivity contribution in [2.45, 2.75) is 0 Å². The molecule has 25 heavy (non-hydrogen) atoms. The van der Waals surface area contributed by atoms with E-state index in [0.717, 1.165) is 0 Å². The largest absolute Gasteiger partial charge is 0.493 e. The molecule has 2 aromatic carbocycles. The van der Waals surface area contributed by atoms with Gasteiger partial charge in [0.25, 0.3) is 5.91 Å². The van der Waals surface area contributed by atoms with Gasteiger partial charge in [-0.3, -0.25) is 4.79 Å². The average molecular weight is 341 g/mol. The molecule has 0 bridgehead atoms. The Bertz CT molecular complexity index is 891. The second-order valence-electron chi connectivity index (χ2n) is 5.15. The number of hydrogen-bond donors (Lipinski definition) is 1. The predicted octanol–water partition coefficient (Wildman–Crippen LogP) is 3.28. The summed E-state index contributed by atoms with van der Waals surface area (Å²) in [5, 5.41) is 6.96. The van der Waals surface area contributed by atoms with Crippen LogP contribution in [0.5, 0.6) is 11.5 Å². The fourth-order valence-corrected chi connectivity index (χ4v) is 2.29. The molecular formula is C18H16FN3O3. The number of carbonyl (C=O) groups is 1. The summed E-state index contributed by atoms with van der Waals surface area (Å²) in [7, 11) is 3.06. The number of amides is 1.